The Morgan fingerprint density at radius 1 is 1.32 bits per heavy atom. The molecule has 1 aromatic carbocycles. The summed E-state index contributed by atoms with van der Waals surface area (Å²) >= 11 is 0. The van der Waals surface area contributed by atoms with Gasteiger partial charge in [-0.25, -0.2) is 4.79 Å². The van der Waals surface area contributed by atoms with Gasteiger partial charge in [0.1, 0.15) is 5.75 Å². The highest BCUT2D eigenvalue weighted by atomic mass is 19.4. The maximum atomic E-state index is 12.0. The third-order valence-electron chi connectivity index (χ3n) is 2.75. The van der Waals surface area contributed by atoms with Gasteiger partial charge in [-0.1, -0.05) is 6.92 Å². The van der Waals surface area contributed by atoms with Gasteiger partial charge >= 0.3 is 12.2 Å². The topological polar surface area (TPSA) is 70.6 Å². The second-order valence-electron chi connectivity index (χ2n) is 4.66. The van der Waals surface area contributed by atoms with Crippen LogP contribution in [0, 0.1) is 0 Å². The quantitative estimate of drug-likeness (QED) is 0.723. The highest BCUT2D eigenvalue weighted by Crippen LogP contribution is 2.20. The standard InChI is InChI=1S/C14H19F3N2O3/c1-2-11(20)7-8-18-13(21)19-10-3-5-12(6-4-10)22-9-14(15,16)17/h3-6,11,20H,2,7-9H2,1H3,(H2,18,19,21). The minimum Gasteiger partial charge on any atom is -0.484 e. The number of halogens is 3. The number of aliphatic hydroxyl groups is 1. The number of amides is 2. The summed E-state index contributed by atoms with van der Waals surface area (Å²) in [6, 6.07) is 5.09. The number of carbonyl (C=O) groups excluding carboxylic acids is 1. The Kier molecular flexibility index (Phi) is 6.97. The van der Waals surface area contributed by atoms with Gasteiger partial charge in [0.2, 0.25) is 0 Å². The Morgan fingerprint density at radius 2 is 1.95 bits per heavy atom. The van der Waals surface area contributed by atoms with Crippen LogP contribution in [0.15, 0.2) is 24.3 Å². The first-order valence-corrected chi connectivity index (χ1v) is 6.82. The van der Waals surface area contributed by atoms with Crippen LogP contribution in [0.5, 0.6) is 5.75 Å². The molecule has 1 aromatic rings. The summed E-state index contributed by atoms with van der Waals surface area (Å²) in [5.41, 5.74) is 0.424. The van der Waals surface area contributed by atoms with Crippen molar-refractivity contribution >= 4 is 11.7 Å². The molecule has 124 valence electrons. The number of hydrogen-bond acceptors (Lipinski definition) is 3. The minimum atomic E-state index is -4.39. The average molecular weight is 320 g/mol. The molecule has 0 heterocycles. The maximum absolute atomic E-state index is 12.0. The summed E-state index contributed by atoms with van der Waals surface area (Å²) < 4.78 is 40.5. The molecular weight excluding hydrogens is 301 g/mol. The summed E-state index contributed by atoms with van der Waals surface area (Å²) in [6.45, 7) is 0.806. The number of carbonyl (C=O) groups is 1. The van der Waals surface area contributed by atoms with Gasteiger partial charge in [0.15, 0.2) is 6.61 Å². The number of alkyl halides is 3. The number of rotatable bonds is 7. The predicted molar refractivity (Wildman–Crippen MR) is 75.9 cm³/mol. The number of hydrogen-bond donors (Lipinski definition) is 3. The highest BCUT2D eigenvalue weighted by molar-refractivity contribution is 5.89. The molecule has 0 spiro atoms. The number of nitrogens with one attached hydrogen (secondary N) is 2. The molecule has 0 aromatic heterocycles. The summed E-state index contributed by atoms with van der Waals surface area (Å²) in [5, 5.41) is 14.4. The fourth-order valence-corrected chi connectivity index (χ4v) is 1.53. The lowest BCUT2D eigenvalue weighted by Crippen LogP contribution is -2.31. The van der Waals surface area contributed by atoms with Crippen LogP contribution in [0.3, 0.4) is 0 Å². The molecule has 1 unspecified atom stereocenters. The van der Waals surface area contributed by atoms with Gasteiger partial charge < -0.3 is 20.5 Å². The Bertz CT molecular complexity index is 463. The largest absolute Gasteiger partial charge is 0.484 e. The molecule has 8 heteroatoms. The number of benzene rings is 1. The normalized spacial score (nSPS) is 12.6. The molecule has 0 bridgehead atoms. The number of ether oxygens (including phenoxy) is 1. The first kappa shape index (κ1) is 18.1. The molecule has 22 heavy (non-hydrogen) atoms. The van der Waals surface area contributed by atoms with E-state index in [1.807, 2.05) is 6.92 Å². The molecular formula is C14H19F3N2O3. The van der Waals surface area contributed by atoms with Crippen molar-refractivity contribution in [3.05, 3.63) is 24.3 Å². The molecule has 0 aliphatic carbocycles. The second-order valence-corrected chi connectivity index (χ2v) is 4.66. The molecule has 5 nitrogen and oxygen atoms in total. The van der Waals surface area contributed by atoms with E-state index < -0.39 is 24.9 Å². The average Bonchev–Trinajstić information content (AvgIpc) is 2.45. The predicted octanol–water partition coefficient (Wildman–Crippen LogP) is 2.91. The number of anilines is 1. The van der Waals surface area contributed by atoms with Gasteiger partial charge in [-0.05, 0) is 37.1 Å². The molecule has 1 atom stereocenters. The summed E-state index contributed by atoms with van der Waals surface area (Å²) in [4.78, 5) is 11.5. The lowest BCUT2D eigenvalue weighted by molar-refractivity contribution is -0.153. The zero-order valence-electron chi connectivity index (χ0n) is 12.1. The second kappa shape index (κ2) is 8.47. The summed E-state index contributed by atoms with van der Waals surface area (Å²) in [5.74, 6) is 0.0642. The van der Waals surface area contributed by atoms with E-state index in [1.165, 1.54) is 24.3 Å². The lowest BCUT2D eigenvalue weighted by Gasteiger charge is -2.11. The van der Waals surface area contributed by atoms with E-state index in [4.69, 9.17) is 0 Å². The van der Waals surface area contributed by atoms with Gasteiger partial charge in [0.05, 0.1) is 6.10 Å². The van der Waals surface area contributed by atoms with E-state index in [9.17, 15) is 23.1 Å². The van der Waals surface area contributed by atoms with Gasteiger partial charge in [-0.3, -0.25) is 0 Å². The van der Waals surface area contributed by atoms with Crippen molar-refractivity contribution in [2.24, 2.45) is 0 Å². The molecule has 2 amide bonds. The van der Waals surface area contributed by atoms with Crippen LogP contribution in [0.4, 0.5) is 23.7 Å². The van der Waals surface area contributed by atoms with E-state index in [1.54, 1.807) is 0 Å². The van der Waals surface area contributed by atoms with Crippen LogP contribution in [-0.4, -0.2) is 36.6 Å². The van der Waals surface area contributed by atoms with Crippen molar-refractivity contribution < 1.29 is 27.8 Å². The van der Waals surface area contributed by atoms with E-state index in [-0.39, 0.29) is 5.75 Å². The van der Waals surface area contributed by atoms with Crippen molar-refractivity contribution in [2.75, 3.05) is 18.5 Å². The SMILES string of the molecule is CCC(O)CCNC(=O)Nc1ccc(OCC(F)(F)F)cc1. The molecule has 0 saturated carbocycles. The van der Waals surface area contributed by atoms with Gasteiger partial charge in [-0.15, -0.1) is 0 Å². The maximum Gasteiger partial charge on any atom is 0.422 e. The van der Waals surface area contributed by atoms with E-state index in [0.29, 0.717) is 25.1 Å². The summed E-state index contributed by atoms with van der Waals surface area (Å²) in [7, 11) is 0. The van der Waals surface area contributed by atoms with Crippen LogP contribution in [0.2, 0.25) is 0 Å². The fraction of sp³-hybridized carbons (Fsp3) is 0.500. The molecule has 3 N–H and O–H groups in total. The van der Waals surface area contributed by atoms with Crippen molar-refractivity contribution in [1.29, 1.82) is 0 Å². The first-order chi connectivity index (χ1) is 10.3. The van der Waals surface area contributed by atoms with Crippen molar-refractivity contribution in [3.8, 4) is 5.75 Å². The Labute approximate surface area is 126 Å². The number of aliphatic hydroxyl groups excluding tert-OH is 1. The van der Waals surface area contributed by atoms with Crippen molar-refractivity contribution in [2.45, 2.75) is 32.0 Å². The Balaban J connectivity index is 2.35. The summed E-state index contributed by atoms with van der Waals surface area (Å²) in [6.07, 6.45) is -3.78. The highest BCUT2D eigenvalue weighted by Gasteiger charge is 2.28. The van der Waals surface area contributed by atoms with E-state index in [0.717, 1.165) is 0 Å². The lowest BCUT2D eigenvalue weighted by atomic mass is 10.2. The molecule has 0 aliphatic rings. The molecule has 1 rings (SSSR count). The van der Waals surface area contributed by atoms with Crippen LogP contribution in [0.1, 0.15) is 19.8 Å². The van der Waals surface area contributed by atoms with Gasteiger partial charge in [-0.2, -0.15) is 13.2 Å². The van der Waals surface area contributed by atoms with Crippen LogP contribution >= 0.6 is 0 Å². The molecule has 0 fully saturated rings. The fourth-order valence-electron chi connectivity index (χ4n) is 1.53. The van der Waals surface area contributed by atoms with E-state index in [2.05, 4.69) is 15.4 Å². The molecule has 0 saturated heterocycles. The zero-order valence-corrected chi connectivity index (χ0v) is 12.1. The van der Waals surface area contributed by atoms with Gasteiger partial charge in [0.25, 0.3) is 0 Å². The van der Waals surface area contributed by atoms with Crippen molar-refractivity contribution in [1.82, 2.24) is 5.32 Å². The van der Waals surface area contributed by atoms with Crippen molar-refractivity contribution in [3.63, 3.8) is 0 Å². The number of urea groups is 1. The molecule has 0 aliphatic heterocycles. The Hall–Kier alpha value is -1.96. The van der Waals surface area contributed by atoms with E-state index >= 15 is 0 Å². The van der Waals surface area contributed by atoms with Crippen LogP contribution in [-0.2, 0) is 0 Å². The van der Waals surface area contributed by atoms with Crippen LogP contribution in [0.25, 0.3) is 0 Å². The minimum absolute atomic E-state index is 0.0642. The third kappa shape index (κ3) is 7.72. The Morgan fingerprint density at radius 3 is 2.50 bits per heavy atom. The monoisotopic (exact) mass is 320 g/mol. The zero-order chi connectivity index (χ0) is 16.6. The van der Waals surface area contributed by atoms with Gasteiger partial charge in [0, 0.05) is 12.2 Å². The van der Waals surface area contributed by atoms with Crippen LogP contribution < -0.4 is 15.4 Å². The third-order valence-corrected chi connectivity index (χ3v) is 2.75. The molecule has 0 radical (unpaired) electrons. The smallest absolute Gasteiger partial charge is 0.422 e. The first-order valence-electron chi connectivity index (χ1n) is 6.82.